The third-order valence-electron chi connectivity index (χ3n) is 10.8. The summed E-state index contributed by atoms with van der Waals surface area (Å²) in [4.78, 5) is 0. The average Bonchev–Trinajstić information content (AvgIpc) is 3.40. The first-order valence-electron chi connectivity index (χ1n) is 13.7. The lowest BCUT2D eigenvalue weighted by Crippen LogP contribution is -2.54. The number of epoxide rings is 1. The van der Waals surface area contributed by atoms with Crippen molar-refractivity contribution < 1.29 is 9.84 Å². The molecule has 0 amide bonds. The zero-order chi connectivity index (χ0) is 22.4. The fourth-order valence-corrected chi connectivity index (χ4v) is 8.42. The van der Waals surface area contributed by atoms with Gasteiger partial charge in [-0.1, -0.05) is 73.0 Å². The SMILES string of the molecule is CC[C@H](CC[C@@H](C)[C@H]1C/C=C\[C@@H]2C[C@H]3O[C@]34C[C@H](O)CC[C@]4(C)[C@H]2CC[C@@H]1C)C(C)C. The maximum atomic E-state index is 10.4. The van der Waals surface area contributed by atoms with E-state index < -0.39 is 0 Å². The highest BCUT2D eigenvalue weighted by Gasteiger charge is 2.73. The van der Waals surface area contributed by atoms with Crippen molar-refractivity contribution in [3.63, 3.8) is 0 Å². The first-order valence-corrected chi connectivity index (χ1v) is 13.7. The van der Waals surface area contributed by atoms with Crippen molar-refractivity contribution in [1.82, 2.24) is 0 Å². The van der Waals surface area contributed by atoms with Gasteiger partial charge in [0.15, 0.2) is 0 Å². The zero-order valence-electron chi connectivity index (χ0n) is 21.3. The molecule has 0 unspecified atom stereocenters. The number of rotatable bonds is 6. The minimum Gasteiger partial charge on any atom is -0.393 e. The fourth-order valence-electron chi connectivity index (χ4n) is 8.42. The van der Waals surface area contributed by atoms with Crippen molar-refractivity contribution in [1.29, 1.82) is 0 Å². The summed E-state index contributed by atoms with van der Waals surface area (Å²) in [6.45, 7) is 14.8. The van der Waals surface area contributed by atoms with Gasteiger partial charge in [-0.3, -0.25) is 0 Å². The quantitative estimate of drug-likeness (QED) is 0.352. The van der Waals surface area contributed by atoms with Gasteiger partial charge in [0.1, 0.15) is 5.60 Å². The van der Waals surface area contributed by atoms with Gasteiger partial charge in [-0.15, -0.1) is 0 Å². The molecule has 0 aromatic carbocycles. The van der Waals surface area contributed by atoms with E-state index in [1.54, 1.807) is 0 Å². The minimum absolute atomic E-state index is 0.00430. The summed E-state index contributed by atoms with van der Waals surface area (Å²) in [5, 5.41) is 10.4. The van der Waals surface area contributed by atoms with Crippen LogP contribution in [0.25, 0.3) is 0 Å². The Hall–Kier alpha value is -0.340. The van der Waals surface area contributed by atoms with Gasteiger partial charge in [-0.05, 0) is 80.0 Å². The first kappa shape index (κ1) is 23.8. The highest BCUT2D eigenvalue weighted by Crippen LogP contribution is 2.69. The smallest absolute Gasteiger partial charge is 0.103 e. The summed E-state index contributed by atoms with van der Waals surface area (Å²) >= 11 is 0. The lowest BCUT2D eigenvalue weighted by Gasteiger charge is -2.52. The van der Waals surface area contributed by atoms with Crippen LogP contribution in [-0.2, 0) is 4.74 Å². The molecule has 31 heavy (non-hydrogen) atoms. The van der Waals surface area contributed by atoms with E-state index in [-0.39, 0.29) is 17.1 Å². The second-order valence-electron chi connectivity index (χ2n) is 12.7. The third-order valence-corrected chi connectivity index (χ3v) is 10.8. The largest absolute Gasteiger partial charge is 0.393 e. The normalized spacial score (nSPS) is 47.7. The van der Waals surface area contributed by atoms with Crippen molar-refractivity contribution in [2.24, 2.45) is 46.8 Å². The van der Waals surface area contributed by atoms with Crippen LogP contribution in [0, 0.1) is 46.8 Å². The molecule has 2 heteroatoms. The van der Waals surface area contributed by atoms with Crippen LogP contribution in [0.2, 0.25) is 0 Å². The molecule has 1 heterocycles. The molecule has 1 N–H and O–H groups in total. The van der Waals surface area contributed by atoms with Crippen molar-refractivity contribution in [2.45, 2.75) is 124 Å². The monoisotopic (exact) mass is 430 g/mol. The molecule has 0 bridgehead atoms. The molecule has 178 valence electrons. The van der Waals surface area contributed by atoms with Gasteiger partial charge in [0.05, 0.1) is 12.2 Å². The van der Waals surface area contributed by atoms with E-state index in [0.29, 0.717) is 12.0 Å². The fraction of sp³-hybridized carbons (Fsp3) is 0.931. The number of hydrogen-bond donors (Lipinski definition) is 1. The topological polar surface area (TPSA) is 32.8 Å². The molecule has 10 atom stereocenters. The van der Waals surface area contributed by atoms with Crippen LogP contribution in [0.1, 0.15) is 106 Å². The zero-order valence-corrected chi connectivity index (χ0v) is 21.3. The maximum Gasteiger partial charge on any atom is 0.103 e. The van der Waals surface area contributed by atoms with Crippen LogP contribution < -0.4 is 0 Å². The third kappa shape index (κ3) is 4.30. The molecule has 4 rings (SSSR count). The molecule has 1 saturated heterocycles. The van der Waals surface area contributed by atoms with Crippen molar-refractivity contribution >= 4 is 0 Å². The molecule has 1 spiro atoms. The Balaban J connectivity index is 1.45. The van der Waals surface area contributed by atoms with Gasteiger partial charge in [0, 0.05) is 11.8 Å². The number of fused-ring (bicyclic) bond motifs is 2. The van der Waals surface area contributed by atoms with Crippen LogP contribution >= 0.6 is 0 Å². The molecule has 4 aliphatic rings. The molecule has 0 aromatic heterocycles. The lowest BCUT2D eigenvalue weighted by molar-refractivity contribution is -0.0614. The van der Waals surface area contributed by atoms with Crippen LogP contribution in [0.4, 0.5) is 0 Å². The summed E-state index contributed by atoms with van der Waals surface area (Å²) < 4.78 is 6.42. The van der Waals surface area contributed by atoms with E-state index in [4.69, 9.17) is 4.74 Å². The van der Waals surface area contributed by atoms with Crippen molar-refractivity contribution in [3.05, 3.63) is 12.2 Å². The molecular weight excluding hydrogens is 380 g/mol. The highest BCUT2D eigenvalue weighted by atomic mass is 16.6. The minimum atomic E-state index is -0.150. The summed E-state index contributed by atoms with van der Waals surface area (Å²) in [6.07, 6.45) is 17.7. The first-order chi connectivity index (χ1) is 14.7. The number of aliphatic hydroxyl groups excluding tert-OH is 1. The van der Waals surface area contributed by atoms with Gasteiger partial charge in [-0.25, -0.2) is 0 Å². The van der Waals surface area contributed by atoms with Gasteiger partial charge in [-0.2, -0.15) is 0 Å². The standard InChI is InChI=1S/C29H50O2/c1-7-22(19(2)3)13-11-20(4)25-10-8-9-23-17-27-29(31-27)18-24(30)15-16-28(29,6)26(23)14-12-21(25)5/h8-9,19-27,30H,7,10-18H2,1-6H3/b9-8-/t20-,21+,22-,23-,24-,25-,26+,27-,28-,29-/m1/s1. The molecule has 3 aliphatic carbocycles. The van der Waals surface area contributed by atoms with Crippen LogP contribution in [0.15, 0.2) is 12.2 Å². The van der Waals surface area contributed by atoms with E-state index in [9.17, 15) is 5.11 Å². The van der Waals surface area contributed by atoms with E-state index in [1.165, 1.54) is 44.9 Å². The summed E-state index contributed by atoms with van der Waals surface area (Å²) in [5.74, 6) is 5.53. The molecule has 2 nitrogen and oxygen atoms in total. The van der Waals surface area contributed by atoms with E-state index in [1.807, 2.05) is 0 Å². The number of ether oxygens (including phenoxy) is 1. The summed E-state index contributed by atoms with van der Waals surface area (Å²) in [6, 6.07) is 0. The Morgan fingerprint density at radius 1 is 1.13 bits per heavy atom. The predicted octanol–water partition coefficient (Wildman–Crippen LogP) is 7.40. The molecule has 1 aliphatic heterocycles. The maximum absolute atomic E-state index is 10.4. The molecule has 0 radical (unpaired) electrons. The Morgan fingerprint density at radius 2 is 1.90 bits per heavy atom. The predicted molar refractivity (Wildman–Crippen MR) is 130 cm³/mol. The Labute approximate surface area is 192 Å². The van der Waals surface area contributed by atoms with Gasteiger partial charge >= 0.3 is 0 Å². The van der Waals surface area contributed by atoms with E-state index in [2.05, 4.69) is 53.7 Å². The second kappa shape index (κ2) is 9.13. The Morgan fingerprint density at radius 3 is 2.61 bits per heavy atom. The summed E-state index contributed by atoms with van der Waals surface area (Å²) in [7, 11) is 0. The van der Waals surface area contributed by atoms with Crippen LogP contribution in [0.5, 0.6) is 0 Å². The molecule has 2 saturated carbocycles. The van der Waals surface area contributed by atoms with Gasteiger partial charge in [0.25, 0.3) is 0 Å². The molecular formula is C29H50O2. The number of hydrogen-bond acceptors (Lipinski definition) is 2. The average molecular weight is 431 g/mol. The number of aliphatic hydroxyl groups is 1. The van der Waals surface area contributed by atoms with Gasteiger partial charge < -0.3 is 9.84 Å². The molecule has 0 aromatic rings. The second-order valence-corrected chi connectivity index (χ2v) is 12.7. The summed E-state index contributed by atoms with van der Waals surface area (Å²) in [5.41, 5.74) is 0.247. The van der Waals surface area contributed by atoms with Crippen molar-refractivity contribution in [3.8, 4) is 0 Å². The van der Waals surface area contributed by atoms with Crippen LogP contribution in [0.3, 0.4) is 0 Å². The molecule has 3 fully saturated rings. The van der Waals surface area contributed by atoms with Crippen LogP contribution in [-0.4, -0.2) is 22.9 Å². The lowest BCUT2D eigenvalue weighted by atomic mass is 9.51. The number of allylic oxidation sites excluding steroid dienone is 2. The Kier molecular flexibility index (Phi) is 7.01. The Bertz CT molecular complexity index is 641. The van der Waals surface area contributed by atoms with Gasteiger partial charge in [0.2, 0.25) is 0 Å². The van der Waals surface area contributed by atoms with Crippen molar-refractivity contribution in [2.75, 3.05) is 0 Å². The van der Waals surface area contributed by atoms with E-state index in [0.717, 1.165) is 54.8 Å². The van der Waals surface area contributed by atoms with E-state index >= 15 is 0 Å². The highest BCUT2D eigenvalue weighted by molar-refractivity contribution is 5.23.